The molecule has 1 aromatic carbocycles. The second-order valence-corrected chi connectivity index (χ2v) is 5.36. The second kappa shape index (κ2) is 6.04. The van der Waals surface area contributed by atoms with E-state index in [1.165, 1.54) is 7.11 Å². The van der Waals surface area contributed by atoms with Gasteiger partial charge < -0.3 is 15.6 Å². The lowest BCUT2D eigenvalue weighted by molar-refractivity contribution is 0.0423. The zero-order valence-corrected chi connectivity index (χ0v) is 11.9. The summed E-state index contributed by atoms with van der Waals surface area (Å²) < 4.78 is 4.75. The number of benzene rings is 1. The van der Waals surface area contributed by atoms with Crippen LogP contribution < -0.4 is 5.73 Å². The topological polar surface area (TPSA) is 75.8 Å². The SMILES string of the molecule is COC(=O)c1c(N)cccc1CN(C)CC(C)(C)O. The molecule has 0 aliphatic rings. The van der Waals surface area contributed by atoms with E-state index in [1.54, 1.807) is 26.0 Å². The van der Waals surface area contributed by atoms with Crippen LogP contribution in [0.2, 0.25) is 0 Å². The highest BCUT2D eigenvalue weighted by Crippen LogP contribution is 2.20. The molecule has 19 heavy (non-hydrogen) atoms. The molecule has 0 saturated carbocycles. The van der Waals surface area contributed by atoms with Crippen LogP contribution in [0.15, 0.2) is 18.2 Å². The van der Waals surface area contributed by atoms with Crippen molar-refractivity contribution in [3.8, 4) is 0 Å². The van der Waals surface area contributed by atoms with Crippen molar-refractivity contribution >= 4 is 11.7 Å². The average molecular weight is 266 g/mol. The van der Waals surface area contributed by atoms with Gasteiger partial charge in [0.05, 0.1) is 18.3 Å². The number of carbonyl (C=O) groups excluding carboxylic acids is 1. The van der Waals surface area contributed by atoms with Gasteiger partial charge >= 0.3 is 5.97 Å². The van der Waals surface area contributed by atoms with Crippen molar-refractivity contribution in [3.63, 3.8) is 0 Å². The number of likely N-dealkylation sites (N-methyl/N-ethyl adjacent to an activating group) is 1. The Bertz CT molecular complexity index is 452. The maximum atomic E-state index is 11.8. The molecule has 0 aliphatic carbocycles. The van der Waals surface area contributed by atoms with E-state index in [9.17, 15) is 9.90 Å². The van der Waals surface area contributed by atoms with Crippen molar-refractivity contribution in [3.05, 3.63) is 29.3 Å². The summed E-state index contributed by atoms with van der Waals surface area (Å²) in [4.78, 5) is 13.7. The minimum atomic E-state index is -0.791. The van der Waals surface area contributed by atoms with Gasteiger partial charge in [-0.15, -0.1) is 0 Å². The number of rotatable bonds is 5. The maximum absolute atomic E-state index is 11.8. The summed E-state index contributed by atoms with van der Waals surface area (Å²) >= 11 is 0. The zero-order chi connectivity index (χ0) is 14.6. The highest BCUT2D eigenvalue weighted by Gasteiger charge is 2.19. The fourth-order valence-electron chi connectivity index (χ4n) is 2.11. The van der Waals surface area contributed by atoms with Gasteiger partial charge in [-0.25, -0.2) is 4.79 Å². The summed E-state index contributed by atoms with van der Waals surface area (Å²) in [7, 11) is 3.21. The molecule has 0 aromatic heterocycles. The van der Waals surface area contributed by atoms with E-state index in [0.717, 1.165) is 5.56 Å². The lowest BCUT2D eigenvalue weighted by Crippen LogP contribution is -2.36. The molecule has 0 spiro atoms. The number of aliphatic hydroxyl groups is 1. The monoisotopic (exact) mass is 266 g/mol. The van der Waals surface area contributed by atoms with Gasteiger partial charge in [-0.2, -0.15) is 0 Å². The first-order valence-corrected chi connectivity index (χ1v) is 6.11. The van der Waals surface area contributed by atoms with Gasteiger partial charge in [0.25, 0.3) is 0 Å². The maximum Gasteiger partial charge on any atom is 0.340 e. The lowest BCUT2D eigenvalue weighted by atomic mass is 10.0. The first-order chi connectivity index (χ1) is 8.74. The van der Waals surface area contributed by atoms with E-state index in [1.807, 2.05) is 18.0 Å². The Morgan fingerprint density at radius 1 is 1.47 bits per heavy atom. The van der Waals surface area contributed by atoms with Crippen molar-refractivity contribution in [1.82, 2.24) is 4.90 Å². The fraction of sp³-hybridized carbons (Fsp3) is 0.500. The molecule has 0 fully saturated rings. The van der Waals surface area contributed by atoms with Crippen LogP contribution in [-0.4, -0.2) is 42.3 Å². The van der Waals surface area contributed by atoms with Gasteiger partial charge in [-0.3, -0.25) is 4.90 Å². The Balaban J connectivity index is 2.95. The van der Waals surface area contributed by atoms with Crippen LogP contribution >= 0.6 is 0 Å². The van der Waals surface area contributed by atoms with Crippen LogP contribution in [-0.2, 0) is 11.3 Å². The van der Waals surface area contributed by atoms with E-state index in [0.29, 0.717) is 24.3 Å². The molecular formula is C14H22N2O3. The van der Waals surface area contributed by atoms with Crippen LogP contribution in [0.1, 0.15) is 29.8 Å². The standard InChI is InChI=1S/C14H22N2O3/c1-14(2,18)9-16(3)8-10-6-5-7-11(15)12(10)13(17)19-4/h5-7,18H,8-9,15H2,1-4H3. The number of esters is 1. The van der Waals surface area contributed by atoms with Crippen LogP contribution in [0, 0.1) is 0 Å². The lowest BCUT2D eigenvalue weighted by Gasteiger charge is -2.26. The number of hydrogen-bond acceptors (Lipinski definition) is 5. The molecule has 0 heterocycles. The molecule has 0 amide bonds. The summed E-state index contributed by atoms with van der Waals surface area (Å²) in [6.45, 7) is 4.48. The Hall–Kier alpha value is -1.59. The van der Waals surface area contributed by atoms with Crippen LogP contribution in [0.3, 0.4) is 0 Å². The number of nitrogen functional groups attached to an aromatic ring is 1. The first kappa shape index (κ1) is 15.5. The third-order valence-corrected chi connectivity index (χ3v) is 2.67. The molecular weight excluding hydrogens is 244 g/mol. The molecule has 0 saturated heterocycles. The predicted molar refractivity (Wildman–Crippen MR) is 74.8 cm³/mol. The van der Waals surface area contributed by atoms with E-state index in [4.69, 9.17) is 10.5 Å². The minimum absolute atomic E-state index is 0.396. The summed E-state index contributed by atoms with van der Waals surface area (Å²) in [5, 5.41) is 9.79. The van der Waals surface area contributed by atoms with Crippen molar-refractivity contribution < 1.29 is 14.6 Å². The number of methoxy groups -OCH3 is 1. The molecule has 1 aromatic rings. The number of nitrogens with zero attached hydrogens (tertiary/aromatic N) is 1. The molecule has 0 unspecified atom stereocenters. The predicted octanol–water partition coefficient (Wildman–Crippen LogP) is 1.26. The van der Waals surface area contributed by atoms with Crippen molar-refractivity contribution in [2.75, 3.05) is 26.4 Å². The van der Waals surface area contributed by atoms with Crippen LogP contribution in [0.25, 0.3) is 0 Å². The first-order valence-electron chi connectivity index (χ1n) is 6.11. The Morgan fingerprint density at radius 2 is 2.11 bits per heavy atom. The Morgan fingerprint density at radius 3 is 2.63 bits per heavy atom. The normalized spacial score (nSPS) is 11.7. The summed E-state index contributed by atoms with van der Waals surface area (Å²) in [5.41, 5.74) is 6.63. The van der Waals surface area contributed by atoms with Gasteiger partial charge in [-0.05, 0) is 32.5 Å². The van der Waals surface area contributed by atoms with Crippen molar-refractivity contribution in [2.24, 2.45) is 0 Å². The summed E-state index contributed by atoms with van der Waals surface area (Å²) in [6.07, 6.45) is 0. The summed E-state index contributed by atoms with van der Waals surface area (Å²) in [6, 6.07) is 5.31. The van der Waals surface area contributed by atoms with Crippen LogP contribution in [0.5, 0.6) is 0 Å². The molecule has 0 aliphatic heterocycles. The molecule has 106 valence electrons. The smallest absolute Gasteiger partial charge is 0.340 e. The molecule has 0 radical (unpaired) electrons. The Labute approximate surface area is 114 Å². The highest BCUT2D eigenvalue weighted by molar-refractivity contribution is 5.96. The summed E-state index contributed by atoms with van der Waals surface area (Å²) in [5.74, 6) is -0.440. The van der Waals surface area contributed by atoms with E-state index in [2.05, 4.69) is 0 Å². The average Bonchev–Trinajstić information content (AvgIpc) is 2.25. The number of hydrogen-bond donors (Lipinski definition) is 2. The van der Waals surface area contributed by atoms with Gasteiger partial charge in [0.1, 0.15) is 0 Å². The Kier molecular flexibility index (Phi) is 4.91. The number of ether oxygens (including phenoxy) is 1. The third-order valence-electron chi connectivity index (χ3n) is 2.67. The molecule has 0 atom stereocenters. The van der Waals surface area contributed by atoms with E-state index >= 15 is 0 Å². The van der Waals surface area contributed by atoms with E-state index in [-0.39, 0.29) is 0 Å². The number of carbonyl (C=O) groups is 1. The minimum Gasteiger partial charge on any atom is -0.465 e. The largest absolute Gasteiger partial charge is 0.465 e. The van der Waals surface area contributed by atoms with E-state index < -0.39 is 11.6 Å². The molecule has 5 nitrogen and oxygen atoms in total. The van der Waals surface area contributed by atoms with Crippen molar-refractivity contribution in [2.45, 2.75) is 26.0 Å². The molecule has 3 N–H and O–H groups in total. The van der Waals surface area contributed by atoms with Crippen LogP contribution in [0.4, 0.5) is 5.69 Å². The quantitative estimate of drug-likeness (QED) is 0.620. The third kappa shape index (κ3) is 4.54. The zero-order valence-electron chi connectivity index (χ0n) is 11.9. The molecule has 1 rings (SSSR count). The number of nitrogens with two attached hydrogens (primary N) is 1. The van der Waals surface area contributed by atoms with Gasteiger partial charge in [0.2, 0.25) is 0 Å². The van der Waals surface area contributed by atoms with Gasteiger partial charge in [0.15, 0.2) is 0 Å². The molecule has 0 bridgehead atoms. The number of anilines is 1. The van der Waals surface area contributed by atoms with Gasteiger partial charge in [-0.1, -0.05) is 12.1 Å². The van der Waals surface area contributed by atoms with Gasteiger partial charge in [0, 0.05) is 18.8 Å². The van der Waals surface area contributed by atoms with Crippen molar-refractivity contribution in [1.29, 1.82) is 0 Å². The molecule has 5 heteroatoms. The highest BCUT2D eigenvalue weighted by atomic mass is 16.5. The second-order valence-electron chi connectivity index (χ2n) is 5.36. The fourth-order valence-corrected chi connectivity index (χ4v) is 2.11.